The number of nitrogens with one attached hydrogen (secondary N) is 9. The Kier molecular flexibility index (Phi) is 21.2. The smallest absolute Gasteiger partial charge is 0.247 e. The lowest BCUT2D eigenvalue weighted by atomic mass is 10.0. The second kappa shape index (κ2) is 27.9. The van der Waals surface area contributed by atoms with Gasteiger partial charge in [0.15, 0.2) is 5.96 Å². The number of aliphatic imine (C=N–C) groups is 1. The molecule has 7 atom stereocenters. The molecule has 0 spiro atoms. The quantitative estimate of drug-likeness (QED) is 0.0330. The van der Waals surface area contributed by atoms with Crippen LogP contribution in [0.15, 0.2) is 90.3 Å². The van der Waals surface area contributed by atoms with Crippen molar-refractivity contribution in [2.45, 2.75) is 120 Å². The molecule has 23 nitrogen and oxygen atoms in total. The number of imidazole rings is 1. The van der Waals surface area contributed by atoms with E-state index in [0.717, 1.165) is 10.8 Å². The van der Waals surface area contributed by atoms with Gasteiger partial charge in [0, 0.05) is 51.2 Å². The predicted octanol–water partition coefficient (Wildman–Crippen LogP) is -0.837. The third-order valence-electron chi connectivity index (χ3n) is 12.0. The molecule has 0 saturated carbocycles. The summed E-state index contributed by atoms with van der Waals surface area (Å²) in [5.74, 6) is -7.13. The second-order valence-corrected chi connectivity index (χ2v) is 17.7. The monoisotopic (exact) mass is 1010 g/mol. The van der Waals surface area contributed by atoms with Crippen molar-refractivity contribution >= 4 is 69.9 Å². The van der Waals surface area contributed by atoms with E-state index in [4.69, 9.17) is 17.2 Å². The number of primary amides is 1. The largest absolute Gasteiger partial charge is 0.370 e. The van der Waals surface area contributed by atoms with Gasteiger partial charge in [-0.25, -0.2) is 4.98 Å². The van der Waals surface area contributed by atoms with Gasteiger partial charge in [-0.2, -0.15) is 0 Å². The number of nitrogens with two attached hydrogens (primary N) is 3. The van der Waals surface area contributed by atoms with Crippen molar-refractivity contribution in [2.75, 3.05) is 13.1 Å². The first kappa shape index (κ1) is 55.6. The van der Waals surface area contributed by atoms with E-state index in [1.165, 1.54) is 19.4 Å². The highest BCUT2D eigenvalue weighted by molar-refractivity contribution is 5.98. The highest BCUT2D eigenvalue weighted by Crippen LogP contribution is 2.18. The number of fused-ring (bicyclic) bond motifs is 1. The zero-order valence-corrected chi connectivity index (χ0v) is 40.9. The van der Waals surface area contributed by atoms with Crippen LogP contribution in [0.5, 0.6) is 0 Å². The molecule has 1 fully saturated rings. The lowest BCUT2D eigenvalue weighted by Gasteiger charge is -2.28. The number of aromatic nitrogens is 2. The Morgan fingerprint density at radius 3 is 2.18 bits per heavy atom. The number of carbonyl (C=O) groups is 9. The van der Waals surface area contributed by atoms with Gasteiger partial charge in [-0.1, -0.05) is 92.6 Å². The van der Waals surface area contributed by atoms with E-state index in [-0.39, 0.29) is 76.0 Å². The molecule has 1 aliphatic rings. The van der Waals surface area contributed by atoms with Crippen molar-refractivity contribution < 1.29 is 43.2 Å². The van der Waals surface area contributed by atoms with Crippen molar-refractivity contribution in [3.63, 3.8) is 0 Å². The summed E-state index contributed by atoms with van der Waals surface area (Å²) in [4.78, 5) is 135. The van der Waals surface area contributed by atoms with Crippen molar-refractivity contribution in [1.29, 1.82) is 0 Å². The van der Waals surface area contributed by atoms with Gasteiger partial charge in [0.2, 0.25) is 53.2 Å². The molecule has 0 bridgehead atoms. The third-order valence-corrected chi connectivity index (χ3v) is 12.0. The van der Waals surface area contributed by atoms with Gasteiger partial charge in [0.25, 0.3) is 0 Å². The summed E-state index contributed by atoms with van der Waals surface area (Å²) >= 11 is 0. The second-order valence-electron chi connectivity index (χ2n) is 17.7. The van der Waals surface area contributed by atoms with Gasteiger partial charge in [0.05, 0.1) is 6.33 Å². The Bertz CT molecular complexity index is 2590. The number of H-pyrrole nitrogens is 1. The Hall–Kier alpha value is -8.37. The molecule has 1 saturated heterocycles. The highest BCUT2D eigenvalue weighted by Gasteiger charge is 2.35. The van der Waals surface area contributed by atoms with Gasteiger partial charge in [-0.05, 0) is 54.0 Å². The normalized spacial score (nSPS) is 20.1. The first-order valence-corrected chi connectivity index (χ1v) is 24.2. The topological polar surface area (TPSA) is 369 Å². The number of benzene rings is 3. The molecule has 1 unspecified atom stereocenters. The minimum Gasteiger partial charge on any atom is -0.370 e. The van der Waals surface area contributed by atoms with Crippen molar-refractivity contribution in [3.8, 4) is 0 Å². The van der Waals surface area contributed by atoms with Gasteiger partial charge >= 0.3 is 0 Å². The number of rotatable bonds is 18. The summed E-state index contributed by atoms with van der Waals surface area (Å²) in [6, 6.07) is 11.8. The number of amides is 9. The van der Waals surface area contributed by atoms with Crippen LogP contribution in [-0.2, 0) is 56.0 Å². The Balaban J connectivity index is 1.52. The molecule has 4 aromatic rings. The fraction of sp³-hybridized carbons (Fsp3) is 0.420. The Morgan fingerprint density at radius 2 is 1.49 bits per heavy atom. The number of hydrogen-bond acceptors (Lipinski definition) is 11. The zero-order valence-electron chi connectivity index (χ0n) is 40.9. The summed E-state index contributed by atoms with van der Waals surface area (Å²) in [5.41, 5.74) is 18.3. The lowest BCUT2D eigenvalue weighted by Crippen LogP contribution is -2.59. The van der Waals surface area contributed by atoms with Gasteiger partial charge in [0.1, 0.15) is 42.3 Å². The van der Waals surface area contributed by atoms with E-state index in [1.807, 2.05) is 43.3 Å². The summed E-state index contributed by atoms with van der Waals surface area (Å²) in [7, 11) is 0. The maximum absolute atomic E-state index is 14.6. The Labute approximate surface area is 422 Å². The van der Waals surface area contributed by atoms with Crippen LogP contribution in [0.1, 0.15) is 88.1 Å². The van der Waals surface area contributed by atoms with Crippen LogP contribution in [0.4, 0.5) is 0 Å². The maximum atomic E-state index is 14.6. The molecule has 2 heterocycles. The number of nitrogens with zero attached hydrogens (tertiary/aromatic N) is 2. The molecule has 1 aliphatic heterocycles. The zero-order chi connectivity index (χ0) is 52.9. The van der Waals surface area contributed by atoms with Crippen LogP contribution in [0.25, 0.3) is 10.8 Å². The number of unbranched alkanes of at least 4 members (excludes halogenated alkanes) is 1. The molecule has 15 N–H and O–H groups in total. The molecule has 3 aromatic carbocycles. The van der Waals surface area contributed by atoms with Gasteiger partial charge in [-0.3, -0.25) is 48.1 Å². The average molecular weight is 1010 g/mol. The van der Waals surface area contributed by atoms with Crippen LogP contribution in [0.3, 0.4) is 0 Å². The first-order valence-electron chi connectivity index (χ1n) is 24.2. The van der Waals surface area contributed by atoms with Gasteiger partial charge in [-0.15, -0.1) is 0 Å². The number of aromatic amines is 1. The van der Waals surface area contributed by atoms with E-state index < -0.39 is 95.5 Å². The van der Waals surface area contributed by atoms with Crippen molar-refractivity contribution in [3.05, 3.63) is 102 Å². The summed E-state index contributed by atoms with van der Waals surface area (Å²) in [6.07, 6.45) is 3.31. The lowest BCUT2D eigenvalue weighted by molar-refractivity contribution is -0.136. The molecule has 5 rings (SSSR count). The number of hydrogen-bond donors (Lipinski definition) is 12. The molecule has 23 heteroatoms. The minimum atomic E-state index is -1.48. The number of guanidine groups is 1. The van der Waals surface area contributed by atoms with Gasteiger partial charge < -0.3 is 64.7 Å². The molecule has 0 aliphatic carbocycles. The third kappa shape index (κ3) is 17.8. The summed E-state index contributed by atoms with van der Waals surface area (Å²) < 4.78 is 0. The molecular weight excluding hydrogens is 941 g/mol. The molecular formula is C50H66N14O9. The highest BCUT2D eigenvalue weighted by atomic mass is 16.2. The fourth-order valence-electron chi connectivity index (χ4n) is 8.13. The van der Waals surface area contributed by atoms with Crippen molar-refractivity contribution in [1.82, 2.24) is 52.5 Å². The van der Waals surface area contributed by atoms with Crippen LogP contribution in [0.2, 0.25) is 0 Å². The van der Waals surface area contributed by atoms with E-state index in [9.17, 15) is 43.2 Å². The summed E-state index contributed by atoms with van der Waals surface area (Å²) in [6.45, 7) is 2.98. The fourth-order valence-corrected chi connectivity index (χ4v) is 8.13. The van der Waals surface area contributed by atoms with Crippen LogP contribution in [-0.4, -0.2) is 118 Å². The van der Waals surface area contributed by atoms with E-state index in [2.05, 4.69) is 57.5 Å². The maximum Gasteiger partial charge on any atom is 0.247 e. The van der Waals surface area contributed by atoms with E-state index >= 15 is 0 Å². The van der Waals surface area contributed by atoms with E-state index in [0.29, 0.717) is 24.1 Å². The van der Waals surface area contributed by atoms with Crippen molar-refractivity contribution in [2.24, 2.45) is 22.2 Å². The minimum absolute atomic E-state index is 0.00241. The molecule has 73 heavy (non-hydrogen) atoms. The summed E-state index contributed by atoms with van der Waals surface area (Å²) in [5, 5.41) is 23.3. The predicted molar refractivity (Wildman–Crippen MR) is 270 cm³/mol. The molecule has 9 amide bonds. The Morgan fingerprint density at radius 1 is 0.781 bits per heavy atom. The first-order chi connectivity index (χ1) is 35.0. The van der Waals surface area contributed by atoms with E-state index in [1.54, 1.807) is 36.4 Å². The molecule has 390 valence electrons. The van der Waals surface area contributed by atoms with Crippen LogP contribution < -0.4 is 59.7 Å². The SMILES string of the molecule is CCCC[C@H](NC(C)=O)C(=O)N[C@H]1CCC(=O)NCC[C@@H](C(=O)N[C@H](Cc2ccc3ccccc3c2)C(N)=O)NC(=O)[C@H](CCCN=C(N)N)NC(=O)C(c2ccccc2)NC(=O)[C@H](Cc2cnc[nH]2)NC1=O. The van der Waals surface area contributed by atoms with Crippen LogP contribution in [0, 0.1) is 0 Å². The van der Waals surface area contributed by atoms with Crippen LogP contribution >= 0.6 is 0 Å². The molecule has 0 radical (unpaired) electrons. The standard InChI is InChI=1S/C50H66N14O9/c1-3-4-15-35(58-29(2)65)44(68)59-37-19-20-41(66)55-23-21-38(47(71)62-39(43(51)67)25-30-17-18-31-11-8-9-14-33(31)24-30)60-45(69)36(16-10-22-56-50(52)53)61-49(73)42(32-12-6-5-7-13-32)64-48(72)40(63-46(37)70)26-34-27-54-28-57-34/h5-9,11-14,17-18,24,27-28,35-40,42H,3-4,10,15-16,19-23,25-26H2,1-2H3,(H2,51,67)(H,54,57)(H,55,66)(H,58,65)(H,59,68)(H,60,69)(H,61,73)(H,62,71)(H,63,70)(H,64,72)(H4,52,53,56)/t35-,36-,37-,38-,39+,40-,42?/m0/s1. The average Bonchev–Trinajstić information content (AvgIpc) is 3.88. The number of carbonyl (C=O) groups excluding carboxylic acids is 9. The molecule has 1 aromatic heterocycles.